The Kier molecular flexibility index (Phi) is 4.73. The van der Waals surface area contributed by atoms with Crippen LogP contribution in [0.5, 0.6) is 5.75 Å². The van der Waals surface area contributed by atoms with E-state index in [2.05, 4.69) is 27.0 Å². The molecule has 0 bridgehead atoms. The maximum atomic E-state index is 10.2. The molecule has 2 atom stereocenters. The number of halogens is 1. The summed E-state index contributed by atoms with van der Waals surface area (Å²) >= 11 is 5.99. The van der Waals surface area contributed by atoms with Crippen LogP contribution in [0, 0.1) is 6.92 Å². The average Bonchev–Trinajstić information content (AvgIpc) is 2.61. The standard InChI is InChI=1S/C19H23ClN4O2/c1-12-9-13(20)10-16(25)19(12)14-3-4-18(22-21-14)24-7-8-26-17-5-6-23(2)11-15(17)24/h3-4,9-10,15,17,25H,5-8,11H2,1-2H3. The quantitative estimate of drug-likeness (QED) is 0.872. The lowest BCUT2D eigenvalue weighted by molar-refractivity contribution is -0.0246. The summed E-state index contributed by atoms with van der Waals surface area (Å²) in [6.07, 6.45) is 1.30. The Morgan fingerprint density at radius 3 is 2.81 bits per heavy atom. The molecule has 2 aliphatic rings. The molecule has 2 aromatic rings. The van der Waals surface area contributed by atoms with Crippen molar-refractivity contribution >= 4 is 17.4 Å². The van der Waals surface area contributed by atoms with Gasteiger partial charge in [-0.05, 0) is 50.2 Å². The molecule has 7 heteroatoms. The summed E-state index contributed by atoms with van der Waals surface area (Å²) in [6.45, 7) is 5.46. The van der Waals surface area contributed by atoms with Gasteiger partial charge in [-0.15, -0.1) is 10.2 Å². The molecule has 0 amide bonds. The molecule has 2 aliphatic heterocycles. The average molecular weight is 375 g/mol. The minimum atomic E-state index is 0.123. The molecule has 2 unspecified atom stereocenters. The monoisotopic (exact) mass is 374 g/mol. The number of aromatic nitrogens is 2. The highest BCUT2D eigenvalue weighted by Crippen LogP contribution is 2.34. The van der Waals surface area contributed by atoms with Gasteiger partial charge in [0.2, 0.25) is 0 Å². The van der Waals surface area contributed by atoms with Crippen LogP contribution in [0.25, 0.3) is 11.3 Å². The van der Waals surface area contributed by atoms with Crippen LogP contribution >= 0.6 is 11.6 Å². The van der Waals surface area contributed by atoms with Crippen LogP contribution in [0.2, 0.25) is 5.02 Å². The van der Waals surface area contributed by atoms with Gasteiger partial charge in [-0.3, -0.25) is 0 Å². The highest BCUT2D eigenvalue weighted by molar-refractivity contribution is 6.31. The van der Waals surface area contributed by atoms with Gasteiger partial charge in [0.05, 0.1) is 24.4 Å². The summed E-state index contributed by atoms with van der Waals surface area (Å²) in [7, 11) is 2.14. The van der Waals surface area contributed by atoms with Crippen molar-refractivity contribution < 1.29 is 9.84 Å². The molecule has 0 spiro atoms. The number of nitrogens with zero attached hydrogens (tertiary/aromatic N) is 4. The minimum Gasteiger partial charge on any atom is -0.507 e. The van der Waals surface area contributed by atoms with E-state index in [0.29, 0.717) is 28.9 Å². The number of morpholine rings is 1. The van der Waals surface area contributed by atoms with Crippen molar-refractivity contribution in [2.45, 2.75) is 25.5 Å². The van der Waals surface area contributed by atoms with Crippen LogP contribution in [0.4, 0.5) is 5.82 Å². The van der Waals surface area contributed by atoms with Crippen molar-refractivity contribution in [3.8, 4) is 17.0 Å². The van der Waals surface area contributed by atoms with Crippen LogP contribution in [0.3, 0.4) is 0 Å². The van der Waals surface area contributed by atoms with Gasteiger partial charge in [0.15, 0.2) is 5.82 Å². The molecular weight excluding hydrogens is 352 g/mol. The number of aryl methyl sites for hydroxylation is 1. The fourth-order valence-corrected chi connectivity index (χ4v) is 4.25. The lowest BCUT2D eigenvalue weighted by Gasteiger charge is -2.46. The van der Waals surface area contributed by atoms with Crippen LogP contribution < -0.4 is 4.90 Å². The molecule has 0 aliphatic carbocycles. The van der Waals surface area contributed by atoms with Crippen molar-refractivity contribution in [2.75, 3.05) is 38.2 Å². The van der Waals surface area contributed by atoms with Crippen molar-refractivity contribution in [3.05, 3.63) is 34.9 Å². The van der Waals surface area contributed by atoms with E-state index in [0.717, 1.165) is 37.4 Å². The van der Waals surface area contributed by atoms with Crippen LogP contribution in [-0.4, -0.2) is 65.6 Å². The van der Waals surface area contributed by atoms with E-state index < -0.39 is 0 Å². The summed E-state index contributed by atoms with van der Waals surface area (Å²) in [6, 6.07) is 7.54. The van der Waals surface area contributed by atoms with Crippen LogP contribution in [-0.2, 0) is 4.74 Å². The first-order valence-electron chi connectivity index (χ1n) is 8.93. The summed E-state index contributed by atoms with van der Waals surface area (Å²) in [4.78, 5) is 4.63. The fraction of sp³-hybridized carbons (Fsp3) is 0.474. The third-order valence-electron chi connectivity index (χ3n) is 5.27. The number of piperidine rings is 1. The normalized spacial score (nSPS) is 23.7. The Hall–Kier alpha value is -1.89. The first-order valence-corrected chi connectivity index (χ1v) is 9.31. The molecule has 2 fully saturated rings. The summed E-state index contributed by atoms with van der Waals surface area (Å²) in [5.74, 6) is 0.978. The molecule has 2 saturated heterocycles. The predicted molar refractivity (Wildman–Crippen MR) is 102 cm³/mol. The second kappa shape index (κ2) is 7.02. The first-order chi connectivity index (χ1) is 12.5. The van der Waals surface area contributed by atoms with E-state index in [1.165, 1.54) is 6.07 Å². The Morgan fingerprint density at radius 2 is 2.08 bits per heavy atom. The number of hydrogen-bond donors (Lipinski definition) is 1. The Bertz CT molecular complexity index is 776. The predicted octanol–water partition coefficient (Wildman–Crippen LogP) is 2.72. The third-order valence-corrected chi connectivity index (χ3v) is 5.49. The number of likely N-dealkylation sites (N-methyl/N-ethyl adjacent to an activating group) is 1. The Balaban J connectivity index is 1.62. The molecule has 0 radical (unpaired) electrons. The van der Waals surface area contributed by atoms with Crippen molar-refractivity contribution in [3.63, 3.8) is 0 Å². The number of aromatic hydroxyl groups is 1. The summed E-state index contributed by atoms with van der Waals surface area (Å²) < 4.78 is 5.96. The second-order valence-electron chi connectivity index (χ2n) is 7.11. The highest BCUT2D eigenvalue weighted by atomic mass is 35.5. The van der Waals surface area contributed by atoms with Gasteiger partial charge in [-0.25, -0.2) is 0 Å². The molecule has 1 aromatic heterocycles. The van der Waals surface area contributed by atoms with E-state index in [1.807, 2.05) is 25.1 Å². The maximum Gasteiger partial charge on any atom is 0.151 e. The number of hydrogen-bond acceptors (Lipinski definition) is 6. The minimum absolute atomic E-state index is 0.123. The van der Waals surface area contributed by atoms with Gasteiger partial charge in [0.25, 0.3) is 0 Å². The number of anilines is 1. The van der Waals surface area contributed by atoms with Crippen LogP contribution in [0.15, 0.2) is 24.3 Å². The fourth-order valence-electron chi connectivity index (χ4n) is 3.98. The van der Waals surface area contributed by atoms with E-state index >= 15 is 0 Å². The largest absolute Gasteiger partial charge is 0.507 e. The number of fused-ring (bicyclic) bond motifs is 1. The molecule has 1 aromatic carbocycles. The Morgan fingerprint density at radius 1 is 1.23 bits per heavy atom. The zero-order chi connectivity index (χ0) is 18.3. The first kappa shape index (κ1) is 17.5. The number of phenols is 1. The van der Waals surface area contributed by atoms with Crippen LogP contribution in [0.1, 0.15) is 12.0 Å². The van der Waals surface area contributed by atoms with Gasteiger partial charge in [0.1, 0.15) is 5.75 Å². The van der Waals surface area contributed by atoms with Gasteiger partial charge in [-0.1, -0.05) is 11.6 Å². The highest BCUT2D eigenvalue weighted by Gasteiger charge is 2.36. The van der Waals surface area contributed by atoms with Gasteiger partial charge < -0.3 is 19.6 Å². The topological polar surface area (TPSA) is 61.7 Å². The molecule has 1 N–H and O–H groups in total. The smallest absolute Gasteiger partial charge is 0.151 e. The van der Waals surface area contributed by atoms with Crippen molar-refractivity contribution in [1.29, 1.82) is 0 Å². The molecule has 3 heterocycles. The number of phenolic OH excluding ortho intramolecular Hbond substituents is 1. The molecule has 26 heavy (non-hydrogen) atoms. The molecule has 6 nitrogen and oxygen atoms in total. The molecular formula is C19H23ClN4O2. The number of benzene rings is 1. The molecule has 0 saturated carbocycles. The molecule has 138 valence electrons. The lowest BCUT2D eigenvalue weighted by Crippen LogP contribution is -2.59. The number of ether oxygens (including phenoxy) is 1. The zero-order valence-electron chi connectivity index (χ0n) is 15.0. The van der Waals surface area contributed by atoms with E-state index in [4.69, 9.17) is 16.3 Å². The van der Waals surface area contributed by atoms with E-state index in [1.54, 1.807) is 0 Å². The number of rotatable bonds is 2. The lowest BCUT2D eigenvalue weighted by atomic mass is 9.99. The van der Waals surface area contributed by atoms with E-state index in [9.17, 15) is 5.11 Å². The van der Waals surface area contributed by atoms with Gasteiger partial charge in [-0.2, -0.15) is 0 Å². The van der Waals surface area contributed by atoms with Crippen molar-refractivity contribution in [2.24, 2.45) is 0 Å². The number of likely N-dealkylation sites (tertiary alicyclic amines) is 1. The third kappa shape index (κ3) is 3.24. The van der Waals surface area contributed by atoms with Crippen molar-refractivity contribution in [1.82, 2.24) is 15.1 Å². The van der Waals surface area contributed by atoms with E-state index in [-0.39, 0.29) is 11.9 Å². The zero-order valence-corrected chi connectivity index (χ0v) is 15.8. The maximum absolute atomic E-state index is 10.2. The Labute approximate surface area is 158 Å². The van der Waals surface area contributed by atoms with Gasteiger partial charge in [0, 0.05) is 30.2 Å². The SMILES string of the molecule is Cc1cc(Cl)cc(O)c1-c1ccc(N2CCOC3CCN(C)CC32)nn1. The summed E-state index contributed by atoms with van der Waals surface area (Å²) in [5, 5.41) is 19.6. The van der Waals surface area contributed by atoms with Gasteiger partial charge >= 0.3 is 0 Å². The summed E-state index contributed by atoms with van der Waals surface area (Å²) in [5.41, 5.74) is 2.19. The molecule has 4 rings (SSSR count). The second-order valence-corrected chi connectivity index (χ2v) is 7.55.